The summed E-state index contributed by atoms with van der Waals surface area (Å²) in [6.45, 7) is 21.4. The Morgan fingerprint density at radius 1 is 0.970 bits per heavy atom. The fraction of sp³-hybridized carbons (Fsp3) is 0.839. The first kappa shape index (κ1) is 23.8. The molecular weight excluding hydrogens is 404 g/mol. The van der Waals surface area contributed by atoms with Gasteiger partial charge in [-0.1, -0.05) is 52.0 Å². The molecule has 5 aliphatic carbocycles. The maximum Gasteiger partial charge on any atom is 0.126 e. The van der Waals surface area contributed by atoms with Crippen LogP contribution in [0, 0.1) is 56.7 Å². The van der Waals surface area contributed by atoms with Gasteiger partial charge in [-0.2, -0.15) is 0 Å². The van der Waals surface area contributed by atoms with E-state index in [1.807, 2.05) is 0 Å². The van der Waals surface area contributed by atoms with Crippen molar-refractivity contribution >= 4 is 6.29 Å². The van der Waals surface area contributed by atoms with Crippen LogP contribution in [-0.4, -0.2) is 18.0 Å². The SMILES string of the molecule is C=C(C)C1CCC2(C=O)CCC3(C)C(CCC4C5(C)CCC(=C)C(C)(CO)C5CCC43C)C12. The highest BCUT2D eigenvalue weighted by atomic mass is 16.3. The third-order valence-electron chi connectivity index (χ3n) is 13.5. The predicted molar refractivity (Wildman–Crippen MR) is 136 cm³/mol. The van der Waals surface area contributed by atoms with Crippen LogP contribution in [0.2, 0.25) is 0 Å². The zero-order chi connectivity index (χ0) is 24.0. The van der Waals surface area contributed by atoms with E-state index in [2.05, 4.69) is 47.8 Å². The van der Waals surface area contributed by atoms with E-state index in [1.54, 1.807) is 0 Å². The molecule has 1 N–H and O–H groups in total. The monoisotopic (exact) mass is 452 g/mol. The van der Waals surface area contributed by atoms with Crippen molar-refractivity contribution in [3.8, 4) is 0 Å². The third-order valence-corrected chi connectivity index (χ3v) is 13.5. The van der Waals surface area contributed by atoms with E-state index < -0.39 is 0 Å². The highest BCUT2D eigenvalue weighted by Crippen LogP contribution is 2.77. The molecule has 0 bridgehead atoms. The topological polar surface area (TPSA) is 37.3 Å². The first-order valence-corrected chi connectivity index (χ1v) is 13.8. The molecule has 0 spiro atoms. The van der Waals surface area contributed by atoms with Gasteiger partial charge >= 0.3 is 0 Å². The average molecular weight is 453 g/mol. The molecule has 0 aromatic heterocycles. The van der Waals surface area contributed by atoms with Crippen LogP contribution in [0.15, 0.2) is 24.3 Å². The van der Waals surface area contributed by atoms with Crippen molar-refractivity contribution in [2.75, 3.05) is 6.61 Å². The summed E-state index contributed by atoms with van der Waals surface area (Å²) in [5.41, 5.74) is 3.19. The van der Waals surface area contributed by atoms with Gasteiger partial charge in [0.25, 0.3) is 0 Å². The van der Waals surface area contributed by atoms with Crippen LogP contribution in [0.5, 0.6) is 0 Å². The van der Waals surface area contributed by atoms with E-state index in [9.17, 15) is 9.90 Å². The van der Waals surface area contributed by atoms with Gasteiger partial charge < -0.3 is 9.90 Å². The summed E-state index contributed by atoms with van der Waals surface area (Å²) in [5, 5.41) is 10.5. The minimum atomic E-state index is -0.137. The molecule has 5 fully saturated rings. The Labute approximate surface area is 202 Å². The molecule has 0 heterocycles. The Morgan fingerprint density at radius 2 is 1.70 bits per heavy atom. The molecule has 0 amide bonds. The number of rotatable bonds is 3. The van der Waals surface area contributed by atoms with Crippen molar-refractivity contribution in [1.82, 2.24) is 0 Å². The molecule has 10 atom stereocenters. The molecule has 0 aromatic carbocycles. The lowest BCUT2D eigenvalue weighted by Gasteiger charge is -2.72. The Kier molecular flexibility index (Phi) is 5.28. The number of fused-ring (bicyclic) bond motifs is 7. The minimum absolute atomic E-state index is 0.101. The third kappa shape index (κ3) is 2.74. The second-order valence-corrected chi connectivity index (χ2v) is 14.2. The largest absolute Gasteiger partial charge is 0.395 e. The highest BCUT2D eigenvalue weighted by Gasteiger charge is 2.70. The fourth-order valence-electron chi connectivity index (χ4n) is 11.3. The van der Waals surface area contributed by atoms with Crippen LogP contribution in [0.4, 0.5) is 0 Å². The van der Waals surface area contributed by atoms with Crippen molar-refractivity contribution in [2.24, 2.45) is 56.7 Å². The van der Waals surface area contributed by atoms with Gasteiger partial charge in [-0.15, -0.1) is 0 Å². The zero-order valence-electron chi connectivity index (χ0n) is 22.0. The maximum absolute atomic E-state index is 12.6. The molecule has 5 saturated carbocycles. The Hall–Kier alpha value is -0.890. The van der Waals surface area contributed by atoms with E-state index in [0.717, 1.165) is 25.7 Å². The van der Waals surface area contributed by atoms with Crippen molar-refractivity contribution in [1.29, 1.82) is 0 Å². The van der Waals surface area contributed by atoms with Crippen molar-refractivity contribution in [3.05, 3.63) is 24.3 Å². The molecule has 0 saturated heterocycles. The molecular formula is C31H48O2. The highest BCUT2D eigenvalue weighted by molar-refractivity contribution is 5.62. The molecule has 2 heteroatoms. The lowest BCUT2D eigenvalue weighted by molar-refractivity contribution is -0.232. The van der Waals surface area contributed by atoms with Crippen molar-refractivity contribution < 1.29 is 9.90 Å². The number of allylic oxidation sites excluding steroid dienone is 1. The lowest BCUT2D eigenvalue weighted by atomic mass is 9.32. The van der Waals surface area contributed by atoms with Crippen LogP contribution in [0.25, 0.3) is 0 Å². The summed E-state index contributed by atoms with van der Waals surface area (Å²) in [7, 11) is 0. The molecule has 184 valence electrons. The zero-order valence-corrected chi connectivity index (χ0v) is 22.0. The molecule has 0 aliphatic heterocycles. The quantitative estimate of drug-likeness (QED) is 0.358. The summed E-state index contributed by atoms with van der Waals surface area (Å²) in [5.74, 6) is 2.86. The number of carbonyl (C=O) groups excluding carboxylic acids is 1. The average Bonchev–Trinajstić information content (AvgIpc) is 3.17. The number of aliphatic hydroxyl groups excluding tert-OH is 1. The van der Waals surface area contributed by atoms with E-state index in [1.165, 1.54) is 56.0 Å². The van der Waals surface area contributed by atoms with Gasteiger partial charge in [0.2, 0.25) is 0 Å². The second-order valence-electron chi connectivity index (χ2n) is 14.2. The van der Waals surface area contributed by atoms with Gasteiger partial charge in [0.15, 0.2) is 0 Å². The summed E-state index contributed by atoms with van der Waals surface area (Å²) < 4.78 is 0. The maximum atomic E-state index is 12.6. The standard InChI is InChI=1S/C31H48O2/c1-20(2)22-11-15-31(19-33)17-16-29(6)23(26(22)31)8-9-25-27(4)13-10-21(3)28(5,18-32)24(27)12-14-30(25,29)7/h19,22-26,32H,1,3,8-18H2,2,4-7H3. The van der Waals surface area contributed by atoms with Crippen LogP contribution >= 0.6 is 0 Å². The van der Waals surface area contributed by atoms with Gasteiger partial charge in [-0.3, -0.25) is 0 Å². The Morgan fingerprint density at radius 3 is 2.33 bits per heavy atom. The summed E-state index contributed by atoms with van der Waals surface area (Å²) >= 11 is 0. The van der Waals surface area contributed by atoms with Gasteiger partial charge in [0.1, 0.15) is 6.29 Å². The first-order chi connectivity index (χ1) is 15.4. The Bertz CT molecular complexity index is 874. The van der Waals surface area contributed by atoms with Crippen LogP contribution < -0.4 is 0 Å². The van der Waals surface area contributed by atoms with Crippen molar-refractivity contribution in [3.63, 3.8) is 0 Å². The van der Waals surface area contributed by atoms with Crippen LogP contribution in [0.1, 0.15) is 98.8 Å². The van der Waals surface area contributed by atoms with Crippen LogP contribution in [0.3, 0.4) is 0 Å². The molecule has 33 heavy (non-hydrogen) atoms. The van der Waals surface area contributed by atoms with Gasteiger partial charge in [0, 0.05) is 10.8 Å². The van der Waals surface area contributed by atoms with E-state index in [0.29, 0.717) is 35.0 Å². The summed E-state index contributed by atoms with van der Waals surface area (Å²) in [6.07, 6.45) is 13.2. The van der Waals surface area contributed by atoms with E-state index >= 15 is 0 Å². The number of aliphatic hydroxyl groups is 1. The molecule has 5 rings (SSSR count). The first-order valence-electron chi connectivity index (χ1n) is 13.8. The number of aldehydes is 1. The number of carbonyl (C=O) groups is 1. The summed E-state index contributed by atoms with van der Waals surface area (Å²) in [6, 6.07) is 0. The van der Waals surface area contributed by atoms with E-state index in [4.69, 9.17) is 0 Å². The lowest BCUT2D eigenvalue weighted by Crippen LogP contribution is -2.66. The minimum Gasteiger partial charge on any atom is -0.395 e. The van der Waals surface area contributed by atoms with Gasteiger partial charge in [0.05, 0.1) is 6.61 Å². The normalized spacial score (nSPS) is 55.7. The molecule has 2 nitrogen and oxygen atoms in total. The smallest absolute Gasteiger partial charge is 0.126 e. The second kappa shape index (κ2) is 7.31. The number of hydrogen-bond donors (Lipinski definition) is 1. The van der Waals surface area contributed by atoms with Gasteiger partial charge in [-0.25, -0.2) is 0 Å². The van der Waals surface area contributed by atoms with E-state index in [-0.39, 0.29) is 28.3 Å². The van der Waals surface area contributed by atoms with Crippen LogP contribution in [-0.2, 0) is 4.79 Å². The molecule has 0 radical (unpaired) electrons. The Balaban J connectivity index is 1.56. The predicted octanol–water partition coefficient (Wildman–Crippen LogP) is 7.37. The molecule has 5 aliphatic rings. The fourth-order valence-corrected chi connectivity index (χ4v) is 11.3. The summed E-state index contributed by atoms with van der Waals surface area (Å²) in [4.78, 5) is 12.6. The number of hydrogen-bond acceptors (Lipinski definition) is 2. The van der Waals surface area contributed by atoms with Crippen molar-refractivity contribution in [2.45, 2.75) is 98.8 Å². The molecule has 0 aromatic rings. The van der Waals surface area contributed by atoms with Gasteiger partial charge in [-0.05, 0) is 117 Å². The molecule has 10 unspecified atom stereocenters.